The fraction of sp³-hybridized carbons (Fsp3) is 0.423. The Balaban J connectivity index is 1.35. The minimum absolute atomic E-state index is 0.0574. The number of non-ortho nitro benzene ring substituents is 1. The number of carbonyl (C=O) groups is 5. The van der Waals surface area contributed by atoms with E-state index in [2.05, 4.69) is 20.8 Å². The van der Waals surface area contributed by atoms with Gasteiger partial charge in [0.05, 0.1) is 16.3 Å². The minimum atomic E-state index is -2.09. The lowest BCUT2D eigenvalue weighted by molar-refractivity contribution is -0.384. The number of nitro groups is 1. The summed E-state index contributed by atoms with van der Waals surface area (Å²) in [4.78, 5) is 85.8. The zero-order chi connectivity index (χ0) is 32.7. The number of alkyl halides is 1. The smallest absolute Gasteiger partial charge is 0.373 e. The summed E-state index contributed by atoms with van der Waals surface area (Å²) in [6, 6.07) is 4.21. The molecule has 0 radical (unpaired) electrons. The molecule has 2 aromatic rings. The van der Waals surface area contributed by atoms with Gasteiger partial charge in [-0.15, -0.1) is 34.7 Å². The van der Waals surface area contributed by atoms with E-state index in [9.17, 15) is 34.1 Å². The number of amides is 3. The van der Waals surface area contributed by atoms with Crippen LogP contribution in [0.4, 0.5) is 10.8 Å². The number of thiazole rings is 1. The molecule has 1 aromatic carbocycles. The van der Waals surface area contributed by atoms with E-state index in [0.717, 1.165) is 16.2 Å². The van der Waals surface area contributed by atoms with Gasteiger partial charge >= 0.3 is 11.9 Å². The van der Waals surface area contributed by atoms with Crippen LogP contribution in [-0.4, -0.2) is 86.1 Å². The molecule has 45 heavy (non-hydrogen) atoms. The highest BCUT2D eigenvalue weighted by Crippen LogP contribution is 2.57. The van der Waals surface area contributed by atoms with E-state index in [1.807, 2.05) is 0 Å². The monoisotopic (exact) mass is 680 g/mol. The molecule has 5 rings (SSSR count). The maximum atomic E-state index is 13.7. The number of esters is 2. The van der Waals surface area contributed by atoms with Crippen LogP contribution in [0.15, 0.2) is 34.8 Å². The molecular formula is C26H25ClN6O10S2. The van der Waals surface area contributed by atoms with Gasteiger partial charge in [0.25, 0.3) is 23.2 Å². The van der Waals surface area contributed by atoms with Crippen molar-refractivity contribution in [1.29, 1.82) is 0 Å². The zero-order valence-electron chi connectivity index (χ0n) is 23.8. The second kappa shape index (κ2) is 12.2. The maximum Gasteiger partial charge on any atom is 0.373 e. The standard InChI is InChI=1S/C26H25ClN6O10S2/c1-25(2)15-11-44-21-18(30-19(35)17(31-41-3)14-10-45-24(28-14)29-16(34)8-27)20(36)32(21)26(15,43-22(25)37)23(38)42-9-12-4-6-13(7-5-12)33(39)40/h4-7,10,15,18,21H,8-9,11H2,1-3H3,(H,30,35)(H,28,29,34)/t15?,18-,21-,26?/m1/s1. The summed E-state index contributed by atoms with van der Waals surface area (Å²) in [6.45, 7) is 2.92. The molecule has 3 saturated heterocycles. The van der Waals surface area contributed by atoms with Crippen molar-refractivity contribution in [2.45, 2.75) is 37.6 Å². The van der Waals surface area contributed by atoms with Gasteiger partial charge in [-0.2, -0.15) is 0 Å². The predicted octanol–water partition coefficient (Wildman–Crippen LogP) is 1.62. The molecule has 0 bridgehead atoms. The first kappa shape index (κ1) is 32.1. The molecule has 3 amide bonds. The predicted molar refractivity (Wildman–Crippen MR) is 159 cm³/mol. The van der Waals surface area contributed by atoms with Crippen molar-refractivity contribution in [2.75, 3.05) is 24.1 Å². The molecule has 2 unspecified atom stereocenters. The van der Waals surface area contributed by atoms with Crippen molar-refractivity contribution < 1.29 is 43.2 Å². The normalized spacial score (nSPS) is 24.8. The number of nitrogens with one attached hydrogen (secondary N) is 2. The summed E-state index contributed by atoms with van der Waals surface area (Å²) in [6.07, 6.45) is 0. The van der Waals surface area contributed by atoms with Gasteiger partial charge in [-0.1, -0.05) is 5.16 Å². The largest absolute Gasteiger partial charge is 0.456 e. The SMILES string of the molecule is CON=C(C(=O)N[C@@H]1C(=O)N2[C@@H]1SCC1C(C)(C)C(=O)OC12C(=O)OCc1ccc([N+](=O)[O-])cc1)c1csc(NC(=O)CCl)n1. The zero-order valence-corrected chi connectivity index (χ0v) is 26.2. The van der Waals surface area contributed by atoms with Gasteiger partial charge in [0.15, 0.2) is 10.8 Å². The van der Waals surface area contributed by atoms with Crippen LogP contribution in [0.3, 0.4) is 0 Å². The third-order valence-electron chi connectivity index (χ3n) is 7.56. The number of benzene rings is 1. The Hall–Kier alpha value is -4.29. The van der Waals surface area contributed by atoms with Crippen molar-refractivity contribution in [2.24, 2.45) is 16.5 Å². The Morgan fingerprint density at radius 3 is 2.62 bits per heavy atom. The molecule has 4 atom stereocenters. The molecule has 16 nitrogen and oxygen atoms in total. The molecular weight excluding hydrogens is 656 g/mol. The van der Waals surface area contributed by atoms with Crippen LogP contribution in [0, 0.1) is 21.4 Å². The van der Waals surface area contributed by atoms with E-state index in [4.69, 9.17) is 25.9 Å². The van der Waals surface area contributed by atoms with E-state index >= 15 is 0 Å². The fourth-order valence-corrected chi connectivity index (χ4v) is 7.77. The van der Waals surface area contributed by atoms with E-state index in [0.29, 0.717) is 5.56 Å². The van der Waals surface area contributed by atoms with Crippen LogP contribution < -0.4 is 10.6 Å². The van der Waals surface area contributed by atoms with Gasteiger partial charge in [-0.05, 0) is 31.5 Å². The third-order valence-corrected chi connectivity index (χ3v) is 9.91. The number of hydrogen-bond donors (Lipinski definition) is 2. The fourth-order valence-electron chi connectivity index (χ4n) is 5.18. The molecule has 3 aliphatic heterocycles. The lowest BCUT2D eigenvalue weighted by Crippen LogP contribution is -2.81. The number of fused-ring (bicyclic) bond motifs is 3. The number of anilines is 1. The summed E-state index contributed by atoms with van der Waals surface area (Å²) >= 11 is 7.78. The topological polar surface area (TPSA) is 209 Å². The Morgan fingerprint density at radius 2 is 1.98 bits per heavy atom. The Labute approximate surface area is 267 Å². The molecule has 0 spiro atoms. The number of nitrogens with zero attached hydrogens (tertiary/aromatic N) is 4. The number of thioether (sulfide) groups is 1. The van der Waals surface area contributed by atoms with Gasteiger partial charge in [-0.25, -0.2) is 9.78 Å². The molecule has 2 N–H and O–H groups in total. The number of oxime groups is 1. The number of ether oxygens (including phenoxy) is 2. The Bertz CT molecular complexity index is 1620. The van der Waals surface area contributed by atoms with Crippen molar-refractivity contribution in [3.05, 3.63) is 51.0 Å². The summed E-state index contributed by atoms with van der Waals surface area (Å²) in [5.41, 5.74) is -3.18. The lowest BCUT2D eigenvalue weighted by Gasteiger charge is -2.57. The number of aromatic nitrogens is 1. The van der Waals surface area contributed by atoms with E-state index in [1.54, 1.807) is 13.8 Å². The lowest BCUT2D eigenvalue weighted by atomic mass is 9.74. The number of hydrogen-bond acceptors (Lipinski definition) is 14. The van der Waals surface area contributed by atoms with Gasteiger partial charge < -0.3 is 24.9 Å². The molecule has 3 fully saturated rings. The van der Waals surface area contributed by atoms with Crippen molar-refractivity contribution in [3.63, 3.8) is 0 Å². The number of halogens is 1. The quantitative estimate of drug-likeness (QED) is 0.0916. The maximum absolute atomic E-state index is 13.7. The first-order valence-corrected chi connectivity index (χ1v) is 15.6. The van der Waals surface area contributed by atoms with Crippen LogP contribution in [0.1, 0.15) is 25.1 Å². The van der Waals surface area contributed by atoms with Crippen LogP contribution in [0.25, 0.3) is 0 Å². The van der Waals surface area contributed by atoms with Crippen molar-refractivity contribution in [1.82, 2.24) is 15.2 Å². The number of rotatable bonds is 10. The number of carbonyl (C=O) groups excluding carboxylic acids is 5. The first-order chi connectivity index (χ1) is 21.3. The van der Waals surface area contributed by atoms with Crippen molar-refractivity contribution >= 4 is 80.9 Å². The van der Waals surface area contributed by atoms with Crippen LogP contribution >= 0.6 is 34.7 Å². The molecule has 0 saturated carbocycles. The number of nitro benzene ring substituents is 1. The summed E-state index contributed by atoms with van der Waals surface area (Å²) in [7, 11) is 1.21. The second-order valence-electron chi connectivity index (χ2n) is 10.6. The van der Waals surface area contributed by atoms with Crippen LogP contribution in [-0.2, 0) is 44.9 Å². The molecule has 1 aromatic heterocycles. The van der Waals surface area contributed by atoms with Crippen LogP contribution in [0.2, 0.25) is 0 Å². The highest BCUT2D eigenvalue weighted by atomic mass is 35.5. The highest BCUT2D eigenvalue weighted by molar-refractivity contribution is 8.00. The van der Waals surface area contributed by atoms with Gasteiger partial charge in [0.2, 0.25) is 5.91 Å². The summed E-state index contributed by atoms with van der Waals surface area (Å²) in [5.74, 6) is -4.58. The molecule has 3 aliphatic rings. The van der Waals surface area contributed by atoms with Gasteiger partial charge in [0.1, 0.15) is 36.7 Å². The van der Waals surface area contributed by atoms with E-state index in [1.165, 1.54) is 48.5 Å². The van der Waals surface area contributed by atoms with Crippen LogP contribution in [0.5, 0.6) is 0 Å². The summed E-state index contributed by atoms with van der Waals surface area (Å²) < 4.78 is 11.2. The summed E-state index contributed by atoms with van der Waals surface area (Å²) in [5, 5.41) is 20.5. The molecule has 4 heterocycles. The average molecular weight is 681 g/mol. The molecule has 0 aliphatic carbocycles. The van der Waals surface area contributed by atoms with E-state index in [-0.39, 0.29) is 40.5 Å². The Kier molecular flexibility index (Phi) is 8.74. The highest BCUT2D eigenvalue weighted by Gasteiger charge is 2.76. The first-order valence-electron chi connectivity index (χ1n) is 13.2. The third kappa shape index (κ3) is 5.57. The average Bonchev–Trinajstić information content (AvgIpc) is 3.55. The van der Waals surface area contributed by atoms with E-state index < -0.39 is 63.1 Å². The molecule has 238 valence electrons. The molecule has 19 heteroatoms. The number of β-lactam (4-membered cyclic amide) rings is 1. The Morgan fingerprint density at radius 1 is 1.27 bits per heavy atom. The van der Waals surface area contributed by atoms with Gasteiger partial charge in [0, 0.05) is 23.3 Å². The van der Waals surface area contributed by atoms with Gasteiger partial charge in [-0.3, -0.25) is 34.2 Å². The van der Waals surface area contributed by atoms with Crippen molar-refractivity contribution in [3.8, 4) is 0 Å². The second-order valence-corrected chi connectivity index (χ2v) is 12.9. The minimum Gasteiger partial charge on any atom is -0.456 e.